The Hall–Kier alpha value is -0.260. The molecule has 1 saturated carbocycles. The van der Waals surface area contributed by atoms with Crippen LogP contribution < -0.4 is 0 Å². The molecule has 1 N–H and O–H groups in total. The van der Waals surface area contributed by atoms with Gasteiger partial charge in [0.05, 0.1) is 23.5 Å². The van der Waals surface area contributed by atoms with Gasteiger partial charge in [-0.25, -0.2) is 0 Å². The molecule has 1 rings (SSSR count). The van der Waals surface area contributed by atoms with E-state index in [1.54, 1.807) is 0 Å². The number of nitriles is 1. The Labute approximate surface area is 65.4 Å². The molecule has 0 radical (unpaired) electrons. The first kappa shape index (κ1) is 7.84. The van der Waals surface area contributed by atoms with Gasteiger partial charge in [0.1, 0.15) is 0 Å². The van der Waals surface area contributed by atoms with Crippen molar-refractivity contribution in [2.45, 2.75) is 30.7 Å². The summed E-state index contributed by atoms with van der Waals surface area (Å²) in [5.74, 6) is -0.240. The van der Waals surface area contributed by atoms with Gasteiger partial charge in [0.2, 0.25) is 0 Å². The highest BCUT2D eigenvalue weighted by molar-refractivity contribution is 6.21. The average Bonchev–Trinajstić information content (AvgIpc) is 1.95. The fourth-order valence-corrected chi connectivity index (χ4v) is 1.60. The molecule has 0 spiro atoms. The molecule has 2 nitrogen and oxygen atoms in total. The number of nitrogens with zero attached hydrogens (tertiary/aromatic N) is 1. The standard InChI is InChI=1S/C7H10ClNO/c8-6-3-1-2-5(4-9)7(6)10/h5-7,10H,1-3H2/t5?,6?,7-/m0/s1. The number of aliphatic hydroxyl groups is 1. The molecule has 0 aliphatic heterocycles. The lowest BCUT2D eigenvalue weighted by atomic mass is 9.87. The predicted octanol–water partition coefficient (Wildman–Crippen LogP) is 1.28. The summed E-state index contributed by atoms with van der Waals surface area (Å²) < 4.78 is 0. The van der Waals surface area contributed by atoms with Crippen molar-refractivity contribution < 1.29 is 5.11 Å². The highest BCUT2D eigenvalue weighted by atomic mass is 35.5. The lowest BCUT2D eigenvalue weighted by molar-refractivity contribution is 0.100. The van der Waals surface area contributed by atoms with Gasteiger partial charge in [0, 0.05) is 0 Å². The second kappa shape index (κ2) is 3.23. The van der Waals surface area contributed by atoms with Crippen molar-refractivity contribution in [2.75, 3.05) is 0 Å². The Kier molecular flexibility index (Phi) is 2.53. The minimum Gasteiger partial charge on any atom is -0.390 e. The van der Waals surface area contributed by atoms with Crippen LogP contribution in [0.5, 0.6) is 0 Å². The Morgan fingerprint density at radius 3 is 2.70 bits per heavy atom. The summed E-state index contributed by atoms with van der Waals surface area (Å²) in [7, 11) is 0. The Morgan fingerprint density at radius 2 is 2.20 bits per heavy atom. The predicted molar refractivity (Wildman–Crippen MR) is 38.6 cm³/mol. The lowest BCUT2D eigenvalue weighted by Gasteiger charge is -2.26. The van der Waals surface area contributed by atoms with Crippen LogP contribution in [0.1, 0.15) is 19.3 Å². The van der Waals surface area contributed by atoms with Gasteiger partial charge in [-0.1, -0.05) is 6.42 Å². The van der Waals surface area contributed by atoms with Crippen LogP contribution in [-0.4, -0.2) is 16.6 Å². The van der Waals surface area contributed by atoms with E-state index in [0.717, 1.165) is 19.3 Å². The number of alkyl halides is 1. The van der Waals surface area contributed by atoms with E-state index in [1.165, 1.54) is 0 Å². The molecule has 0 aromatic rings. The maximum atomic E-state index is 9.28. The van der Waals surface area contributed by atoms with Crippen LogP contribution in [0.15, 0.2) is 0 Å². The van der Waals surface area contributed by atoms with E-state index >= 15 is 0 Å². The van der Waals surface area contributed by atoms with E-state index in [1.807, 2.05) is 6.07 Å². The second-order valence-corrected chi connectivity index (χ2v) is 3.23. The van der Waals surface area contributed by atoms with Gasteiger partial charge in [-0.15, -0.1) is 11.6 Å². The fraction of sp³-hybridized carbons (Fsp3) is 0.857. The van der Waals surface area contributed by atoms with Gasteiger partial charge in [-0.05, 0) is 12.8 Å². The summed E-state index contributed by atoms with van der Waals surface area (Å²) >= 11 is 5.74. The van der Waals surface area contributed by atoms with E-state index < -0.39 is 6.10 Å². The molecule has 0 saturated heterocycles. The summed E-state index contributed by atoms with van der Waals surface area (Å²) in [6.07, 6.45) is 1.98. The number of aliphatic hydroxyl groups excluding tert-OH is 1. The number of halogens is 1. The minimum absolute atomic E-state index is 0.210. The third-order valence-electron chi connectivity index (χ3n) is 1.94. The van der Waals surface area contributed by atoms with E-state index in [9.17, 15) is 5.11 Å². The monoisotopic (exact) mass is 159 g/mol. The third kappa shape index (κ3) is 1.42. The number of hydrogen-bond acceptors (Lipinski definition) is 2. The topological polar surface area (TPSA) is 44.0 Å². The normalized spacial score (nSPS) is 40.7. The molecule has 0 aromatic heterocycles. The van der Waals surface area contributed by atoms with Crippen LogP contribution >= 0.6 is 11.6 Å². The maximum Gasteiger partial charge on any atom is 0.0861 e. The summed E-state index contributed by atoms with van der Waals surface area (Å²) in [6.45, 7) is 0. The average molecular weight is 160 g/mol. The maximum absolute atomic E-state index is 9.28. The summed E-state index contributed by atoms with van der Waals surface area (Å²) in [5, 5.41) is 17.6. The van der Waals surface area contributed by atoms with Crippen LogP contribution in [0.3, 0.4) is 0 Å². The second-order valence-electron chi connectivity index (χ2n) is 2.67. The zero-order valence-electron chi connectivity index (χ0n) is 5.63. The number of hydrogen-bond donors (Lipinski definition) is 1. The van der Waals surface area contributed by atoms with Crippen molar-refractivity contribution in [3.05, 3.63) is 0 Å². The minimum atomic E-state index is -0.611. The van der Waals surface area contributed by atoms with Gasteiger partial charge in [-0.3, -0.25) is 0 Å². The van der Waals surface area contributed by atoms with Gasteiger partial charge in [-0.2, -0.15) is 5.26 Å². The largest absolute Gasteiger partial charge is 0.390 e. The molecule has 0 aromatic carbocycles. The molecule has 3 heteroatoms. The molecule has 0 amide bonds. The molecule has 10 heavy (non-hydrogen) atoms. The number of rotatable bonds is 0. The van der Waals surface area contributed by atoms with E-state index in [-0.39, 0.29) is 11.3 Å². The quantitative estimate of drug-likeness (QED) is 0.541. The summed E-state index contributed by atoms with van der Waals surface area (Å²) in [4.78, 5) is 0. The van der Waals surface area contributed by atoms with Crippen molar-refractivity contribution in [1.82, 2.24) is 0 Å². The van der Waals surface area contributed by atoms with Gasteiger partial charge in [0.15, 0.2) is 0 Å². The molecule has 1 fully saturated rings. The Bertz CT molecular complexity index is 154. The molecule has 1 aliphatic rings. The molecule has 2 unspecified atom stereocenters. The van der Waals surface area contributed by atoms with Gasteiger partial charge >= 0.3 is 0 Å². The van der Waals surface area contributed by atoms with Crippen molar-refractivity contribution in [3.8, 4) is 6.07 Å². The lowest BCUT2D eigenvalue weighted by Crippen LogP contribution is -2.33. The molecule has 0 bridgehead atoms. The third-order valence-corrected chi connectivity index (χ3v) is 2.42. The van der Waals surface area contributed by atoms with Crippen LogP contribution in [0.4, 0.5) is 0 Å². The van der Waals surface area contributed by atoms with Crippen LogP contribution in [0, 0.1) is 17.2 Å². The molecular formula is C7H10ClNO. The molecule has 56 valence electrons. The van der Waals surface area contributed by atoms with Crippen LogP contribution in [0.2, 0.25) is 0 Å². The van der Waals surface area contributed by atoms with Crippen LogP contribution in [-0.2, 0) is 0 Å². The zero-order chi connectivity index (χ0) is 7.56. The highest BCUT2D eigenvalue weighted by Gasteiger charge is 2.29. The SMILES string of the molecule is N#CC1CCCC(Cl)[C@H]1O. The van der Waals surface area contributed by atoms with Crippen molar-refractivity contribution in [2.24, 2.45) is 5.92 Å². The first-order valence-electron chi connectivity index (χ1n) is 3.47. The smallest absolute Gasteiger partial charge is 0.0861 e. The van der Waals surface area contributed by atoms with Crippen molar-refractivity contribution >= 4 is 11.6 Å². The summed E-state index contributed by atoms with van der Waals surface area (Å²) in [6, 6.07) is 2.05. The Balaban J connectivity index is 2.53. The first-order valence-corrected chi connectivity index (χ1v) is 3.91. The van der Waals surface area contributed by atoms with Gasteiger partial charge < -0.3 is 5.11 Å². The summed E-state index contributed by atoms with van der Waals surface area (Å²) in [5.41, 5.74) is 0. The van der Waals surface area contributed by atoms with Crippen molar-refractivity contribution in [1.29, 1.82) is 5.26 Å². The van der Waals surface area contributed by atoms with Crippen LogP contribution in [0.25, 0.3) is 0 Å². The molecular weight excluding hydrogens is 150 g/mol. The Morgan fingerprint density at radius 1 is 1.50 bits per heavy atom. The van der Waals surface area contributed by atoms with E-state index in [0.29, 0.717) is 0 Å². The van der Waals surface area contributed by atoms with Gasteiger partial charge in [0.25, 0.3) is 0 Å². The molecule has 3 atom stereocenters. The van der Waals surface area contributed by atoms with E-state index in [2.05, 4.69) is 0 Å². The highest BCUT2D eigenvalue weighted by Crippen LogP contribution is 2.27. The fourth-order valence-electron chi connectivity index (χ4n) is 1.27. The molecule has 0 heterocycles. The first-order chi connectivity index (χ1) is 4.75. The zero-order valence-corrected chi connectivity index (χ0v) is 6.38. The van der Waals surface area contributed by atoms with Crippen molar-refractivity contribution in [3.63, 3.8) is 0 Å². The van der Waals surface area contributed by atoms with E-state index in [4.69, 9.17) is 16.9 Å². The molecule has 1 aliphatic carbocycles.